The highest BCUT2D eigenvalue weighted by molar-refractivity contribution is 6.07. The lowest BCUT2D eigenvalue weighted by Crippen LogP contribution is -2.05. The van der Waals surface area contributed by atoms with Crippen molar-refractivity contribution in [3.8, 4) is 5.75 Å². The molecule has 0 heterocycles. The third kappa shape index (κ3) is 6.74. The summed E-state index contributed by atoms with van der Waals surface area (Å²) in [5.41, 5.74) is 1.88. The van der Waals surface area contributed by atoms with Crippen LogP contribution in [0.2, 0.25) is 0 Å². The number of rotatable bonds is 10. The molecule has 0 amide bonds. The molecule has 0 aromatic heterocycles. The predicted octanol–water partition coefficient (Wildman–Crippen LogP) is 5.33. The van der Waals surface area contributed by atoms with Gasteiger partial charge in [-0.25, -0.2) is 4.79 Å². The first-order chi connectivity index (χ1) is 13.1. The second-order valence-corrected chi connectivity index (χ2v) is 6.12. The van der Waals surface area contributed by atoms with Gasteiger partial charge in [-0.05, 0) is 49.2 Å². The van der Waals surface area contributed by atoms with E-state index < -0.39 is 0 Å². The Morgan fingerprint density at radius 3 is 2.19 bits per heavy atom. The Morgan fingerprint density at radius 2 is 1.56 bits per heavy atom. The Bertz CT molecular complexity index is 758. The van der Waals surface area contributed by atoms with Gasteiger partial charge >= 0.3 is 5.97 Å². The van der Waals surface area contributed by atoms with Crippen molar-refractivity contribution in [3.63, 3.8) is 0 Å². The van der Waals surface area contributed by atoms with Crippen LogP contribution in [0.4, 0.5) is 0 Å². The smallest absolute Gasteiger partial charge is 0.338 e. The molecule has 0 aliphatic heterocycles. The normalized spacial score (nSPS) is 10.7. The zero-order valence-corrected chi connectivity index (χ0v) is 15.9. The van der Waals surface area contributed by atoms with Crippen LogP contribution in [-0.2, 0) is 4.74 Å². The fraction of sp³-hybridized carbons (Fsp3) is 0.304. The summed E-state index contributed by atoms with van der Waals surface area (Å²) in [5.74, 6) is 0.332. The Kier molecular flexibility index (Phi) is 8.30. The van der Waals surface area contributed by atoms with Crippen molar-refractivity contribution >= 4 is 17.8 Å². The van der Waals surface area contributed by atoms with Crippen LogP contribution in [0.3, 0.4) is 0 Å². The fourth-order valence-electron chi connectivity index (χ4n) is 2.47. The summed E-state index contributed by atoms with van der Waals surface area (Å²) in [6, 6.07) is 14.1. The second-order valence-electron chi connectivity index (χ2n) is 6.12. The van der Waals surface area contributed by atoms with E-state index in [1.165, 1.54) is 18.9 Å². The van der Waals surface area contributed by atoms with Gasteiger partial charge < -0.3 is 9.47 Å². The summed E-state index contributed by atoms with van der Waals surface area (Å²) in [5, 5.41) is 0. The Hall–Kier alpha value is -2.88. The molecule has 142 valence electrons. The van der Waals surface area contributed by atoms with E-state index in [-0.39, 0.29) is 11.8 Å². The maximum absolute atomic E-state index is 12.3. The highest BCUT2D eigenvalue weighted by Crippen LogP contribution is 2.15. The van der Waals surface area contributed by atoms with Gasteiger partial charge in [0.1, 0.15) is 5.75 Å². The van der Waals surface area contributed by atoms with Crippen LogP contribution < -0.4 is 4.74 Å². The molecular formula is C23H26O4. The molecule has 0 saturated carbocycles. The molecule has 4 heteroatoms. The van der Waals surface area contributed by atoms with Gasteiger partial charge in [-0.2, -0.15) is 0 Å². The van der Waals surface area contributed by atoms with Gasteiger partial charge in [0.2, 0.25) is 0 Å². The molecule has 2 rings (SSSR count). The molecule has 0 N–H and O–H groups in total. The lowest BCUT2D eigenvalue weighted by atomic mass is 10.1. The van der Waals surface area contributed by atoms with Crippen LogP contribution in [-0.4, -0.2) is 25.0 Å². The third-order valence-electron chi connectivity index (χ3n) is 4.00. The first-order valence-corrected chi connectivity index (χ1v) is 9.36. The van der Waals surface area contributed by atoms with Crippen LogP contribution in [0.25, 0.3) is 6.08 Å². The minimum atomic E-state index is -0.385. The van der Waals surface area contributed by atoms with Crippen LogP contribution in [0.5, 0.6) is 5.75 Å². The van der Waals surface area contributed by atoms with Gasteiger partial charge in [-0.1, -0.05) is 50.1 Å². The van der Waals surface area contributed by atoms with Gasteiger partial charge in [-0.15, -0.1) is 0 Å². The van der Waals surface area contributed by atoms with E-state index in [2.05, 4.69) is 6.92 Å². The third-order valence-corrected chi connectivity index (χ3v) is 4.00. The maximum Gasteiger partial charge on any atom is 0.338 e. The second kappa shape index (κ2) is 11.0. The molecule has 0 radical (unpaired) electrons. The first-order valence-electron chi connectivity index (χ1n) is 9.36. The number of benzene rings is 2. The van der Waals surface area contributed by atoms with Crippen LogP contribution in [0.1, 0.15) is 59.4 Å². The van der Waals surface area contributed by atoms with Crippen LogP contribution in [0, 0.1) is 0 Å². The number of hydrogen-bond acceptors (Lipinski definition) is 4. The molecule has 0 aliphatic carbocycles. The summed E-state index contributed by atoms with van der Waals surface area (Å²) in [6.45, 7) is 4.97. The number of carbonyl (C=O) groups is 2. The summed E-state index contributed by atoms with van der Waals surface area (Å²) < 4.78 is 10.6. The van der Waals surface area contributed by atoms with E-state index in [9.17, 15) is 9.59 Å². The molecule has 0 unspecified atom stereocenters. The van der Waals surface area contributed by atoms with Crippen molar-refractivity contribution in [1.29, 1.82) is 0 Å². The first kappa shape index (κ1) is 20.4. The minimum Gasteiger partial charge on any atom is -0.494 e. The summed E-state index contributed by atoms with van der Waals surface area (Å²) in [4.78, 5) is 23.9. The molecule has 0 spiro atoms. The summed E-state index contributed by atoms with van der Waals surface area (Å²) >= 11 is 0. The Balaban J connectivity index is 1.91. The minimum absolute atomic E-state index is 0.120. The van der Waals surface area contributed by atoms with Gasteiger partial charge in [0.05, 0.1) is 18.8 Å². The molecule has 2 aromatic rings. The number of carbonyl (C=O) groups excluding carboxylic acids is 2. The topological polar surface area (TPSA) is 52.6 Å². The van der Waals surface area contributed by atoms with E-state index in [4.69, 9.17) is 9.47 Å². The van der Waals surface area contributed by atoms with E-state index in [1.54, 1.807) is 37.3 Å². The maximum atomic E-state index is 12.3. The number of ether oxygens (including phenoxy) is 2. The zero-order valence-electron chi connectivity index (χ0n) is 15.9. The highest BCUT2D eigenvalue weighted by Gasteiger charge is 2.07. The molecule has 2 aromatic carbocycles. The van der Waals surface area contributed by atoms with Gasteiger partial charge in [0.25, 0.3) is 0 Å². The average molecular weight is 366 g/mol. The Morgan fingerprint density at radius 1 is 0.889 bits per heavy atom. The Labute approximate surface area is 160 Å². The van der Waals surface area contributed by atoms with E-state index in [0.29, 0.717) is 17.7 Å². The number of ketones is 1. The summed E-state index contributed by atoms with van der Waals surface area (Å²) in [7, 11) is 0. The molecule has 0 atom stereocenters. The van der Waals surface area contributed by atoms with Gasteiger partial charge in [-0.3, -0.25) is 4.79 Å². The SMILES string of the molecule is CCCCCOc1ccc(/C=C/C(=O)c2ccc(C(=O)OCC)cc2)cc1. The van der Waals surface area contributed by atoms with Gasteiger partial charge in [0, 0.05) is 5.56 Å². The molecule has 27 heavy (non-hydrogen) atoms. The predicted molar refractivity (Wildman–Crippen MR) is 107 cm³/mol. The van der Waals surface area contributed by atoms with Crippen molar-refractivity contribution in [2.45, 2.75) is 33.1 Å². The standard InChI is InChI=1S/C23H26O4/c1-3-5-6-17-27-21-14-7-18(8-15-21)9-16-22(24)19-10-12-20(13-11-19)23(25)26-4-2/h7-16H,3-6,17H2,1-2H3/b16-9+. The lowest BCUT2D eigenvalue weighted by molar-refractivity contribution is 0.0526. The van der Waals surface area contributed by atoms with Crippen LogP contribution >= 0.6 is 0 Å². The molecule has 4 nitrogen and oxygen atoms in total. The monoisotopic (exact) mass is 366 g/mol. The van der Waals surface area contributed by atoms with Crippen LogP contribution in [0.15, 0.2) is 54.6 Å². The van der Waals surface area contributed by atoms with E-state index in [1.807, 2.05) is 24.3 Å². The molecule has 0 saturated heterocycles. The number of esters is 1. The van der Waals surface area contributed by atoms with E-state index in [0.717, 1.165) is 24.3 Å². The fourth-order valence-corrected chi connectivity index (χ4v) is 2.47. The molecule has 0 bridgehead atoms. The lowest BCUT2D eigenvalue weighted by Gasteiger charge is -2.05. The highest BCUT2D eigenvalue weighted by atomic mass is 16.5. The van der Waals surface area contributed by atoms with Crippen molar-refractivity contribution in [1.82, 2.24) is 0 Å². The van der Waals surface area contributed by atoms with Crippen molar-refractivity contribution in [2.24, 2.45) is 0 Å². The zero-order chi connectivity index (χ0) is 19.5. The average Bonchev–Trinajstić information content (AvgIpc) is 2.70. The molecule has 0 aliphatic rings. The van der Waals surface area contributed by atoms with Crippen molar-refractivity contribution in [2.75, 3.05) is 13.2 Å². The summed E-state index contributed by atoms with van der Waals surface area (Å²) in [6.07, 6.45) is 6.69. The molecule has 0 fully saturated rings. The van der Waals surface area contributed by atoms with Gasteiger partial charge in [0.15, 0.2) is 5.78 Å². The number of hydrogen-bond donors (Lipinski definition) is 0. The van der Waals surface area contributed by atoms with E-state index >= 15 is 0 Å². The van der Waals surface area contributed by atoms with Crippen molar-refractivity contribution < 1.29 is 19.1 Å². The number of allylic oxidation sites excluding steroid dienone is 1. The molecular weight excluding hydrogens is 340 g/mol. The van der Waals surface area contributed by atoms with Crippen molar-refractivity contribution in [3.05, 3.63) is 71.3 Å². The number of unbranched alkanes of at least 4 members (excludes halogenated alkanes) is 2. The quantitative estimate of drug-likeness (QED) is 0.247. The largest absolute Gasteiger partial charge is 0.494 e.